The summed E-state index contributed by atoms with van der Waals surface area (Å²) >= 11 is 0. The zero-order valence-electron chi connectivity index (χ0n) is 25.9. The number of nitrogens with one attached hydrogen (secondary N) is 1. The highest BCUT2D eigenvalue weighted by atomic mass is 32.2. The third kappa shape index (κ3) is 6.91. The van der Waals surface area contributed by atoms with Crippen LogP contribution in [0, 0.1) is 23.7 Å². The zero-order valence-corrected chi connectivity index (χ0v) is 26.7. The van der Waals surface area contributed by atoms with Crippen molar-refractivity contribution in [1.29, 1.82) is 0 Å². The molecule has 0 spiro atoms. The first kappa shape index (κ1) is 31.6. The average molecular weight is 643 g/mol. The maximum Gasteiger partial charge on any atom is 0.407 e. The van der Waals surface area contributed by atoms with E-state index in [4.69, 9.17) is 29.1 Å². The van der Waals surface area contributed by atoms with Crippen molar-refractivity contribution in [3.05, 3.63) is 48.0 Å². The van der Waals surface area contributed by atoms with E-state index in [2.05, 4.69) is 10.3 Å². The summed E-state index contributed by atoms with van der Waals surface area (Å²) in [7, 11) is -2.30. The van der Waals surface area contributed by atoms with Gasteiger partial charge in [-0.3, -0.25) is 0 Å². The number of oxazole rings is 1. The topological polar surface area (TPSA) is 155 Å². The number of carbonyl (C=O) groups is 1. The van der Waals surface area contributed by atoms with Gasteiger partial charge in [-0.15, -0.1) is 0 Å². The molecule has 4 aliphatic rings. The summed E-state index contributed by atoms with van der Waals surface area (Å²) in [6, 6.07) is 11.7. The number of carbonyl (C=O) groups excluding carboxylic acids is 1. The molecule has 1 aromatic heterocycles. The first-order chi connectivity index (χ1) is 21.6. The molecule has 3 N–H and O–H groups in total. The van der Waals surface area contributed by atoms with Gasteiger partial charge in [0.1, 0.15) is 17.4 Å². The first-order valence-electron chi connectivity index (χ1n) is 15.6. The smallest absolute Gasteiger partial charge is 0.407 e. The van der Waals surface area contributed by atoms with Crippen molar-refractivity contribution in [3.63, 3.8) is 0 Å². The van der Waals surface area contributed by atoms with E-state index in [-0.39, 0.29) is 53.5 Å². The predicted octanol–water partition coefficient (Wildman–Crippen LogP) is 4.19. The molecule has 12 nitrogen and oxygen atoms in total. The van der Waals surface area contributed by atoms with E-state index in [0.29, 0.717) is 43.7 Å². The van der Waals surface area contributed by atoms with E-state index < -0.39 is 22.2 Å². The molecule has 0 radical (unpaired) electrons. The molecule has 4 fully saturated rings. The minimum absolute atomic E-state index is 0.0256. The molecular formula is C32H42N4O8S. The van der Waals surface area contributed by atoms with E-state index in [1.807, 2.05) is 38.1 Å². The third-order valence-electron chi connectivity index (χ3n) is 9.10. The van der Waals surface area contributed by atoms with Gasteiger partial charge < -0.3 is 34.4 Å². The number of ether oxygens (including phenoxy) is 4. The molecule has 4 bridgehead atoms. The van der Waals surface area contributed by atoms with Crippen molar-refractivity contribution in [3.8, 4) is 5.75 Å². The second-order valence-corrected chi connectivity index (χ2v) is 14.6. The highest BCUT2D eigenvalue weighted by Crippen LogP contribution is 2.46. The number of amides is 1. The molecule has 7 rings (SSSR count). The van der Waals surface area contributed by atoms with Gasteiger partial charge >= 0.3 is 6.09 Å². The van der Waals surface area contributed by atoms with Gasteiger partial charge in [0.2, 0.25) is 10.0 Å². The molecule has 45 heavy (non-hydrogen) atoms. The van der Waals surface area contributed by atoms with Crippen LogP contribution in [0.2, 0.25) is 0 Å². The number of fused-ring (bicyclic) bond motifs is 3. The number of alkyl carbamates (subject to hydrolysis) is 1. The molecule has 1 saturated carbocycles. The summed E-state index contributed by atoms with van der Waals surface area (Å²) in [5, 5.41) is 3.07. The average Bonchev–Trinajstić information content (AvgIpc) is 3.50. The summed E-state index contributed by atoms with van der Waals surface area (Å²) in [5.41, 5.74) is 7.44. The maximum absolute atomic E-state index is 13.9. The summed E-state index contributed by atoms with van der Waals surface area (Å²) in [6.45, 7) is 5.45. The molecule has 5 unspecified atom stereocenters. The number of aromatic nitrogens is 1. The normalized spacial score (nSPS) is 25.0. The number of sulfonamides is 1. The van der Waals surface area contributed by atoms with Crippen molar-refractivity contribution in [2.75, 3.05) is 39.1 Å². The minimum atomic E-state index is -3.91. The van der Waals surface area contributed by atoms with E-state index >= 15 is 0 Å². The first-order valence-corrected chi connectivity index (χ1v) is 17.0. The summed E-state index contributed by atoms with van der Waals surface area (Å²) in [5.74, 6) is 1.28. The van der Waals surface area contributed by atoms with Gasteiger partial charge in [-0.2, -0.15) is 9.29 Å². The van der Waals surface area contributed by atoms with Crippen molar-refractivity contribution in [2.45, 2.75) is 62.9 Å². The SMILES string of the molecule is COc1ccc(C[C@@H](CCN(CC(C)C)S(=O)(=O)c2ccc3nc(N)oc3c2)NC(=O)OC2C3CCC4C(OC3)OCC42)cc1. The molecule has 2 aromatic carbocycles. The lowest BCUT2D eigenvalue weighted by Gasteiger charge is -2.36. The highest BCUT2D eigenvalue weighted by Gasteiger charge is 2.52. The lowest BCUT2D eigenvalue weighted by atomic mass is 9.74. The van der Waals surface area contributed by atoms with Gasteiger partial charge in [0.05, 0.1) is 25.2 Å². The van der Waals surface area contributed by atoms with Crippen LogP contribution in [0.15, 0.2) is 51.8 Å². The van der Waals surface area contributed by atoms with Crippen LogP contribution < -0.4 is 15.8 Å². The molecule has 244 valence electrons. The fourth-order valence-electron chi connectivity index (χ4n) is 6.86. The number of nitrogen functional groups attached to an aromatic ring is 1. The van der Waals surface area contributed by atoms with E-state index in [1.165, 1.54) is 16.4 Å². The number of hydrogen-bond donors (Lipinski definition) is 2. The molecule has 6 atom stereocenters. The Bertz CT molecular complexity index is 1590. The van der Waals surface area contributed by atoms with Crippen molar-refractivity contribution < 1.29 is 36.6 Å². The lowest BCUT2D eigenvalue weighted by Crippen LogP contribution is -2.46. The molecule has 3 aromatic rings. The lowest BCUT2D eigenvalue weighted by molar-refractivity contribution is -0.135. The molecule has 1 amide bonds. The van der Waals surface area contributed by atoms with Gasteiger partial charge in [-0.1, -0.05) is 26.0 Å². The molecular weight excluding hydrogens is 600 g/mol. The van der Waals surface area contributed by atoms with E-state index in [1.54, 1.807) is 13.2 Å². The number of benzene rings is 2. The Kier molecular flexibility index (Phi) is 9.23. The summed E-state index contributed by atoms with van der Waals surface area (Å²) < 4.78 is 57.9. The van der Waals surface area contributed by atoms with Crippen LogP contribution in [0.4, 0.5) is 10.8 Å². The highest BCUT2D eigenvalue weighted by molar-refractivity contribution is 7.89. The molecule has 4 heterocycles. The number of hydrogen-bond acceptors (Lipinski definition) is 10. The standard InChI is InChI=1S/C32H42N4O8S/c1-19(2)16-36(45(38,39)24-9-11-27-28(15-24)43-31(33)35-27)13-12-22(14-20-4-7-23(40-3)8-5-20)34-32(37)44-29-21-6-10-25-26(29)18-42-30(25)41-17-21/h4-5,7-9,11,15,19,21-22,25-26,29-30H,6,10,12-14,16-18H2,1-3H3,(H2,33,35)(H,34,37)/t21?,22-,25?,26?,29?,30?/m1/s1. The third-order valence-corrected chi connectivity index (χ3v) is 11.0. The van der Waals surface area contributed by atoms with Gasteiger partial charge in [0, 0.05) is 43.0 Å². The molecule has 13 heteroatoms. The van der Waals surface area contributed by atoms with Crippen LogP contribution in [0.3, 0.4) is 0 Å². The van der Waals surface area contributed by atoms with Crippen LogP contribution in [0.25, 0.3) is 11.1 Å². The Balaban J connectivity index is 1.19. The Labute approximate surface area is 263 Å². The van der Waals surface area contributed by atoms with Gasteiger partial charge in [0.15, 0.2) is 11.9 Å². The number of methoxy groups -OCH3 is 1. The fourth-order valence-corrected chi connectivity index (χ4v) is 8.49. The maximum atomic E-state index is 13.9. The zero-order chi connectivity index (χ0) is 31.7. The molecule has 1 aliphatic carbocycles. The Hall–Kier alpha value is -3.39. The minimum Gasteiger partial charge on any atom is -0.497 e. The second kappa shape index (κ2) is 13.1. The Morgan fingerprint density at radius 1 is 1.11 bits per heavy atom. The molecule has 3 saturated heterocycles. The van der Waals surface area contributed by atoms with Crippen LogP contribution in [-0.4, -0.2) is 75.6 Å². The van der Waals surface area contributed by atoms with Crippen LogP contribution in [0.5, 0.6) is 5.75 Å². The van der Waals surface area contributed by atoms with Crippen molar-refractivity contribution in [1.82, 2.24) is 14.6 Å². The molecule has 3 aliphatic heterocycles. The number of rotatable bonds is 12. The Morgan fingerprint density at radius 2 is 1.89 bits per heavy atom. The summed E-state index contributed by atoms with van der Waals surface area (Å²) in [4.78, 5) is 17.6. The predicted molar refractivity (Wildman–Crippen MR) is 166 cm³/mol. The van der Waals surface area contributed by atoms with Crippen LogP contribution in [-0.2, 0) is 30.7 Å². The van der Waals surface area contributed by atoms with Gasteiger partial charge in [-0.25, -0.2) is 13.2 Å². The van der Waals surface area contributed by atoms with Gasteiger partial charge in [0.25, 0.3) is 6.01 Å². The van der Waals surface area contributed by atoms with Crippen molar-refractivity contribution >= 4 is 33.2 Å². The van der Waals surface area contributed by atoms with Crippen molar-refractivity contribution in [2.24, 2.45) is 23.7 Å². The number of nitrogens with zero attached hydrogens (tertiary/aromatic N) is 2. The monoisotopic (exact) mass is 642 g/mol. The fraction of sp³-hybridized carbons (Fsp3) is 0.562. The quantitative estimate of drug-likeness (QED) is 0.294. The van der Waals surface area contributed by atoms with E-state index in [0.717, 1.165) is 24.2 Å². The van der Waals surface area contributed by atoms with Crippen LogP contribution >= 0.6 is 0 Å². The number of nitrogens with two attached hydrogens (primary N) is 1. The van der Waals surface area contributed by atoms with E-state index in [9.17, 15) is 13.2 Å². The Morgan fingerprint density at radius 3 is 2.64 bits per heavy atom. The summed E-state index contributed by atoms with van der Waals surface area (Å²) in [6.07, 6.45) is 1.78. The number of anilines is 1. The van der Waals surface area contributed by atoms with Gasteiger partial charge in [-0.05, 0) is 61.4 Å². The second-order valence-electron chi connectivity index (χ2n) is 12.7. The van der Waals surface area contributed by atoms with Crippen LogP contribution in [0.1, 0.15) is 38.7 Å². The largest absolute Gasteiger partial charge is 0.497 e.